The summed E-state index contributed by atoms with van der Waals surface area (Å²) in [6.45, 7) is 3.96. The van der Waals surface area contributed by atoms with Gasteiger partial charge in [0, 0.05) is 30.2 Å². The Hall–Kier alpha value is -2.56. The van der Waals surface area contributed by atoms with Crippen molar-refractivity contribution in [1.29, 1.82) is 0 Å². The van der Waals surface area contributed by atoms with Crippen molar-refractivity contribution < 1.29 is 9.18 Å². The maximum atomic E-state index is 13.0. The van der Waals surface area contributed by atoms with Crippen LogP contribution in [-0.4, -0.2) is 37.6 Å². The maximum absolute atomic E-state index is 13.0. The average molecular weight is 459 g/mol. The van der Waals surface area contributed by atoms with Crippen molar-refractivity contribution >= 4 is 34.8 Å². The summed E-state index contributed by atoms with van der Waals surface area (Å²) < 4.78 is 9.50. The molecule has 0 radical (unpaired) electrons. The van der Waals surface area contributed by atoms with Crippen LogP contribution in [0.1, 0.15) is 27.5 Å². The lowest BCUT2D eigenvalue weighted by Gasteiger charge is -2.43. The van der Waals surface area contributed by atoms with E-state index in [1.165, 1.54) is 0 Å². The highest BCUT2D eigenvalue weighted by Crippen LogP contribution is 2.36. The van der Waals surface area contributed by atoms with Crippen molar-refractivity contribution in [1.82, 2.24) is 4.90 Å². The van der Waals surface area contributed by atoms with Crippen LogP contribution in [0.2, 0.25) is 10.0 Å². The van der Waals surface area contributed by atoms with E-state index in [9.17, 15) is 9.18 Å². The fraction of sp³-hybridized carbons (Fsp3) is 0.240. The summed E-state index contributed by atoms with van der Waals surface area (Å²) in [7, 11) is 0.500. The van der Waals surface area contributed by atoms with Gasteiger partial charge in [-0.3, -0.25) is 9.18 Å². The average Bonchev–Trinajstić information content (AvgIpc) is 2.81. The highest BCUT2D eigenvalue weighted by Gasteiger charge is 2.32. The molecule has 0 bridgehead atoms. The van der Waals surface area contributed by atoms with Gasteiger partial charge >= 0.3 is 0 Å². The fourth-order valence-corrected chi connectivity index (χ4v) is 4.30. The lowest BCUT2D eigenvalue weighted by atomic mass is 10.00. The maximum Gasteiger partial charge on any atom is 0.253 e. The molecule has 0 N–H and O–H groups in total. The molecule has 3 aromatic carbocycles. The number of benzene rings is 3. The van der Waals surface area contributed by atoms with E-state index in [1.54, 1.807) is 0 Å². The van der Waals surface area contributed by atoms with Crippen LogP contribution >= 0.6 is 23.2 Å². The van der Waals surface area contributed by atoms with Crippen LogP contribution in [0.5, 0.6) is 0 Å². The predicted molar refractivity (Wildman–Crippen MR) is 127 cm³/mol. The molecule has 1 saturated heterocycles. The molecular formula is C25H25Cl2FN2O. The Balaban J connectivity index is 0.00000132. The number of alkyl halides is 1. The largest absolute Gasteiger partial charge is 0.360 e. The topological polar surface area (TPSA) is 23.6 Å². The van der Waals surface area contributed by atoms with Gasteiger partial charge in [0.2, 0.25) is 0 Å². The van der Waals surface area contributed by atoms with Crippen molar-refractivity contribution in [2.45, 2.75) is 13.0 Å². The molecule has 0 spiro atoms. The lowest BCUT2D eigenvalue weighted by Crippen LogP contribution is -2.50. The van der Waals surface area contributed by atoms with Crippen LogP contribution in [0, 0.1) is 6.92 Å². The molecule has 0 aromatic heterocycles. The summed E-state index contributed by atoms with van der Waals surface area (Å²) in [5.74, 6) is 0.0548. The smallest absolute Gasteiger partial charge is 0.253 e. The SMILES string of the molecule is CF.Cc1ccc(N2CCN(C(=O)c3ccccc3)CC2c2ccc(Cl)cc2)c(Cl)c1. The number of hydrogen-bond donors (Lipinski definition) is 0. The zero-order valence-electron chi connectivity index (χ0n) is 17.6. The van der Waals surface area contributed by atoms with Gasteiger partial charge in [0.25, 0.3) is 5.91 Å². The zero-order chi connectivity index (χ0) is 22.4. The van der Waals surface area contributed by atoms with Gasteiger partial charge in [-0.25, -0.2) is 0 Å². The molecule has 1 amide bonds. The highest BCUT2D eigenvalue weighted by molar-refractivity contribution is 6.33. The first-order chi connectivity index (χ1) is 15.0. The monoisotopic (exact) mass is 458 g/mol. The molecular weight excluding hydrogens is 434 g/mol. The number of aryl methyl sites for hydroxylation is 1. The Morgan fingerprint density at radius 2 is 1.61 bits per heavy atom. The molecule has 1 aliphatic rings. The summed E-state index contributed by atoms with van der Waals surface area (Å²) in [5.41, 5.74) is 3.93. The Morgan fingerprint density at radius 3 is 2.26 bits per heavy atom. The summed E-state index contributed by atoms with van der Waals surface area (Å²) >= 11 is 12.7. The standard InChI is InChI=1S/C24H22Cl2N2O.CH3F/c1-17-7-12-22(21(26)15-17)28-14-13-27(24(29)19-5-3-2-4-6-19)16-23(28)18-8-10-20(25)11-9-18;1-2/h2-12,15,23H,13-14,16H2,1H3;1H3. The van der Waals surface area contributed by atoms with Gasteiger partial charge in [0.05, 0.1) is 23.9 Å². The van der Waals surface area contributed by atoms with Gasteiger partial charge in [0.1, 0.15) is 0 Å². The van der Waals surface area contributed by atoms with E-state index in [1.807, 2.05) is 72.5 Å². The van der Waals surface area contributed by atoms with Crippen LogP contribution in [0.25, 0.3) is 0 Å². The first kappa shape index (κ1) is 23.1. The molecule has 3 nitrogen and oxygen atoms in total. The second kappa shape index (κ2) is 10.7. The molecule has 1 fully saturated rings. The van der Waals surface area contributed by atoms with E-state index < -0.39 is 0 Å². The first-order valence-corrected chi connectivity index (χ1v) is 10.8. The molecule has 3 aromatic rings. The molecule has 4 rings (SSSR count). The number of piperazine rings is 1. The summed E-state index contributed by atoms with van der Waals surface area (Å²) in [6.07, 6.45) is 0. The third kappa shape index (κ3) is 5.38. The highest BCUT2D eigenvalue weighted by atomic mass is 35.5. The van der Waals surface area contributed by atoms with Crippen molar-refractivity contribution in [3.63, 3.8) is 0 Å². The van der Waals surface area contributed by atoms with Gasteiger partial charge in [-0.2, -0.15) is 0 Å². The summed E-state index contributed by atoms with van der Waals surface area (Å²) in [6, 6.07) is 23.4. The van der Waals surface area contributed by atoms with Gasteiger partial charge in [-0.05, 0) is 54.4 Å². The molecule has 31 heavy (non-hydrogen) atoms. The molecule has 1 heterocycles. The van der Waals surface area contributed by atoms with Crippen LogP contribution in [0.4, 0.5) is 10.1 Å². The second-order valence-corrected chi connectivity index (χ2v) is 8.18. The van der Waals surface area contributed by atoms with E-state index in [4.69, 9.17) is 23.2 Å². The van der Waals surface area contributed by atoms with Crippen LogP contribution < -0.4 is 4.90 Å². The number of nitrogens with zero attached hydrogens (tertiary/aromatic N) is 2. The minimum Gasteiger partial charge on any atom is -0.360 e. The van der Waals surface area contributed by atoms with E-state index >= 15 is 0 Å². The normalized spacial score (nSPS) is 15.8. The Labute approximate surface area is 193 Å². The van der Waals surface area contributed by atoms with Gasteiger partial charge in [0.15, 0.2) is 0 Å². The van der Waals surface area contributed by atoms with Crippen molar-refractivity contribution in [2.24, 2.45) is 0 Å². The minimum absolute atomic E-state index is 0.00566. The predicted octanol–water partition coefficient (Wildman–Crippen LogP) is 6.59. The van der Waals surface area contributed by atoms with Crippen LogP contribution in [0.15, 0.2) is 72.8 Å². The van der Waals surface area contributed by atoms with Crippen molar-refractivity contribution in [3.8, 4) is 0 Å². The molecule has 0 saturated carbocycles. The molecule has 1 atom stereocenters. The Bertz CT molecular complexity index is 1010. The van der Waals surface area contributed by atoms with Crippen molar-refractivity contribution in [3.05, 3.63) is 99.5 Å². The van der Waals surface area contributed by atoms with Gasteiger partial charge < -0.3 is 9.80 Å². The third-order valence-electron chi connectivity index (χ3n) is 5.36. The summed E-state index contributed by atoms with van der Waals surface area (Å²) in [5, 5.41) is 1.42. The molecule has 0 aliphatic carbocycles. The number of halogens is 3. The first-order valence-electron chi connectivity index (χ1n) is 10.0. The quantitative estimate of drug-likeness (QED) is 0.441. The number of carbonyl (C=O) groups is 1. The second-order valence-electron chi connectivity index (χ2n) is 7.33. The minimum atomic E-state index is -0.00566. The number of hydrogen-bond acceptors (Lipinski definition) is 2. The van der Waals surface area contributed by atoms with Crippen LogP contribution in [-0.2, 0) is 0 Å². The lowest BCUT2D eigenvalue weighted by molar-refractivity contribution is 0.0722. The van der Waals surface area contributed by atoms with E-state index in [0.717, 1.165) is 21.8 Å². The van der Waals surface area contributed by atoms with Gasteiger partial charge in [-0.15, -0.1) is 0 Å². The Morgan fingerprint density at radius 1 is 0.935 bits per heavy atom. The number of amides is 1. The fourth-order valence-electron chi connectivity index (χ4n) is 3.83. The molecule has 6 heteroatoms. The number of carbonyl (C=O) groups excluding carboxylic acids is 1. The Kier molecular flexibility index (Phi) is 7.94. The number of rotatable bonds is 3. The number of anilines is 1. The molecule has 1 aliphatic heterocycles. The molecule has 1 unspecified atom stereocenters. The van der Waals surface area contributed by atoms with Crippen LogP contribution in [0.3, 0.4) is 0 Å². The summed E-state index contributed by atoms with van der Waals surface area (Å²) in [4.78, 5) is 17.3. The zero-order valence-corrected chi connectivity index (χ0v) is 19.1. The van der Waals surface area contributed by atoms with E-state index in [2.05, 4.69) is 17.0 Å². The van der Waals surface area contributed by atoms with E-state index in [-0.39, 0.29) is 11.9 Å². The molecule has 162 valence electrons. The van der Waals surface area contributed by atoms with Crippen molar-refractivity contribution in [2.75, 3.05) is 31.7 Å². The van der Waals surface area contributed by atoms with Gasteiger partial charge in [-0.1, -0.05) is 59.6 Å². The third-order valence-corrected chi connectivity index (χ3v) is 5.91. The van der Waals surface area contributed by atoms with E-state index in [0.29, 0.717) is 37.4 Å².